The summed E-state index contributed by atoms with van der Waals surface area (Å²) in [5.41, 5.74) is -0.204. The summed E-state index contributed by atoms with van der Waals surface area (Å²) >= 11 is 0. The number of allylic oxidation sites excluding steroid dienone is 1. The fourth-order valence-corrected chi connectivity index (χ4v) is 3.63. The number of nitrogens with zero attached hydrogens (tertiary/aromatic N) is 3. The van der Waals surface area contributed by atoms with Crippen LogP contribution in [0.25, 0.3) is 0 Å². The monoisotopic (exact) mass is 428 g/mol. The summed E-state index contributed by atoms with van der Waals surface area (Å²) < 4.78 is 7.66. The molecular formula is C21H24N4O6. The van der Waals surface area contributed by atoms with Crippen molar-refractivity contribution in [2.75, 3.05) is 11.9 Å². The molecule has 1 N–H and O–H groups in total. The molecule has 10 heteroatoms. The lowest BCUT2D eigenvalue weighted by Gasteiger charge is -2.30. The third kappa shape index (κ3) is 3.88. The van der Waals surface area contributed by atoms with Gasteiger partial charge in [-0.05, 0) is 18.4 Å². The van der Waals surface area contributed by atoms with Crippen LogP contribution in [0.3, 0.4) is 0 Å². The van der Waals surface area contributed by atoms with Gasteiger partial charge in [0.15, 0.2) is 0 Å². The smallest absolute Gasteiger partial charge is 0.336 e. The normalized spacial score (nSPS) is 15.5. The van der Waals surface area contributed by atoms with Gasteiger partial charge in [-0.2, -0.15) is 0 Å². The van der Waals surface area contributed by atoms with Gasteiger partial charge in [-0.3, -0.25) is 24.0 Å². The predicted octanol–water partition coefficient (Wildman–Crippen LogP) is 2.02. The molecule has 1 aromatic carbocycles. The summed E-state index contributed by atoms with van der Waals surface area (Å²) in [5.74, 6) is -1.24. The second-order valence-corrected chi connectivity index (χ2v) is 7.91. The lowest BCUT2D eigenvalue weighted by Crippen LogP contribution is -2.43. The number of carbonyl (C=O) groups is 1. The number of nitro groups is 1. The average molecular weight is 428 g/mol. The molecule has 0 saturated carbocycles. The minimum Gasteiger partial charge on any atom is -0.462 e. The van der Waals surface area contributed by atoms with Crippen LogP contribution in [0.15, 0.2) is 45.1 Å². The minimum atomic E-state index is -0.943. The number of ether oxygens (including phenoxy) is 1. The lowest BCUT2D eigenvalue weighted by atomic mass is 9.82. The molecule has 10 nitrogen and oxygen atoms in total. The molecule has 0 radical (unpaired) electrons. The summed E-state index contributed by atoms with van der Waals surface area (Å²) in [4.78, 5) is 49.4. The third-order valence-electron chi connectivity index (χ3n) is 5.17. The van der Waals surface area contributed by atoms with Crippen LogP contribution in [0.1, 0.15) is 37.8 Å². The SMILES string of the molecule is CC1=C(C(=O)OCC(C)C)C(c2cccc([N+](=O)[O-])c2)c2c(n(C)c(=O)n(C)c2=O)N1. The fraction of sp³-hybridized carbons (Fsp3) is 0.381. The zero-order chi connectivity index (χ0) is 23.0. The molecule has 0 bridgehead atoms. The van der Waals surface area contributed by atoms with Crippen LogP contribution in [-0.4, -0.2) is 26.6 Å². The maximum absolute atomic E-state index is 13.1. The van der Waals surface area contributed by atoms with Crippen LogP contribution < -0.4 is 16.6 Å². The van der Waals surface area contributed by atoms with E-state index in [1.165, 1.54) is 36.9 Å². The van der Waals surface area contributed by atoms with Crippen molar-refractivity contribution in [1.82, 2.24) is 9.13 Å². The number of nitrogens with one attached hydrogen (secondary N) is 1. The van der Waals surface area contributed by atoms with Gasteiger partial charge in [-0.1, -0.05) is 26.0 Å². The zero-order valence-corrected chi connectivity index (χ0v) is 18.0. The average Bonchev–Trinajstić information content (AvgIpc) is 2.73. The van der Waals surface area contributed by atoms with Crippen molar-refractivity contribution in [3.8, 4) is 0 Å². The van der Waals surface area contributed by atoms with Gasteiger partial charge in [0, 0.05) is 31.9 Å². The quantitative estimate of drug-likeness (QED) is 0.439. The highest BCUT2D eigenvalue weighted by molar-refractivity contribution is 5.94. The first kappa shape index (κ1) is 22.0. The van der Waals surface area contributed by atoms with Crippen molar-refractivity contribution < 1.29 is 14.5 Å². The Kier molecular flexibility index (Phi) is 5.83. The number of rotatable bonds is 5. The molecule has 3 rings (SSSR count). The first-order chi connectivity index (χ1) is 14.5. The van der Waals surface area contributed by atoms with E-state index in [9.17, 15) is 24.5 Å². The van der Waals surface area contributed by atoms with Gasteiger partial charge < -0.3 is 10.1 Å². The maximum Gasteiger partial charge on any atom is 0.336 e. The van der Waals surface area contributed by atoms with E-state index in [1.807, 2.05) is 13.8 Å². The van der Waals surface area contributed by atoms with E-state index >= 15 is 0 Å². The fourth-order valence-electron chi connectivity index (χ4n) is 3.63. The van der Waals surface area contributed by atoms with Crippen LogP contribution in [0.5, 0.6) is 0 Å². The number of anilines is 1. The predicted molar refractivity (Wildman–Crippen MR) is 114 cm³/mol. The Morgan fingerprint density at radius 2 is 1.94 bits per heavy atom. The molecule has 31 heavy (non-hydrogen) atoms. The zero-order valence-electron chi connectivity index (χ0n) is 18.0. The second-order valence-electron chi connectivity index (χ2n) is 7.91. The Hall–Kier alpha value is -3.69. The lowest BCUT2D eigenvalue weighted by molar-refractivity contribution is -0.384. The summed E-state index contributed by atoms with van der Waals surface area (Å²) in [5, 5.41) is 14.3. The molecule has 2 aromatic rings. The summed E-state index contributed by atoms with van der Waals surface area (Å²) in [6, 6.07) is 5.76. The highest BCUT2D eigenvalue weighted by Gasteiger charge is 2.38. The topological polar surface area (TPSA) is 125 Å². The number of hydrogen-bond acceptors (Lipinski definition) is 7. The van der Waals surface area contributed by atoms with Gasteiger partial charge in [0.2, 0.25) is 0 Å². The number of aromatic nitrogens is 2. The maximum atomic E-state index is 13.1. The number of fused-ring (bicyclic) bond motifs is 1. The molecule has 1 unspecified atom stereocenters. The van der Waals surface area contributed by atoms with Gasteiger partial charge in [-0.25, -0.2) is 9.59 Å². The van der Waals surface area contributed by atoms with Crippen LogP contribution >= 0.6 is 0 Å². The van der Waals surface area contributed by atoms with Crippen LogP contribution in [-0.2, 0) is 23.6 Å². The number of carbonyl (C=O) groups excluding carboxylic acids is 1. The Balaban J connectivity index is 2.32. The largest absolute Gasteiger partial charge is 0.462 e. The van der Waals surface area contributed by atoms with Crippen molar-refractivity contribution in [1.29, 1.82) is 0 Å². The molecule has 164 valence electrons. The van der Waals surface area contributed by atoms with Crippen LogP contribution in [0.4, 0.5) is 11.5 Å². The van der Waals surface area contributed by atoms with E-state index in [0.29, 0.717) is 11.3 Å². The van der Waals surface area contributed by atoms with E-state index in [4.69, 9.17) is 4.74 Å². The minimum absolute atomic E-state index is 0.0960. The number of non-ortho nitro benzene ring substituents is 1. The van der Waals surface area contributed by atoms with Crippen molar-refractivity contribution in [3.63, 3.8) is 0 Å². The Morgan fingerprint density at radius 1 is 1.26 bits per heavy atom. The summed E-state index contributed by atoms with van der Waals surface area (Å²) in [6.45, 7) is 5.61. The molecule has 2 heterocycles. The van der Waals surface area contributed by atoms with E-state index in [0.717, 1.165) is 4.57 Å². The Bertz CT molecular complexity index is 1220. The van der Waals surface area contributed by atoms with E-state index < -0.39 is 28.1 Å². The molecule has 1 aromatic heterocycles. The van der Waals surface area contributed by atoms with Gasteiger partial charge in [0.25, 0.3) is 11.2 Å². The number of esters is 1. The Labute approximate surface area is 177 Å². The number of benzene rings is 1. The van der Waals surface area contributed by atoms with Gasteiger partial charge >= 0.3 is 11.7 Å². The van der Waals surface area contributed by atoms with Crippen LogP contribution in [0, 0.1) is 16.0 Å². The molecule has 0 aliphatic carbocycles. The summed E-state index contributed by atoms with van der Waals surface area (Å²) in [6.07, 6.45) is 0. The van der Waals surface area contributed by atoms with Crippen molar-refractivity contribution in [3.05, 3.63) is 77.6 Å². The highest BCUT2D eigenvalue weighted by atomic mass is 16.6. The standard InChI is InChI=1S/C21H24N4O6/c1-11(2)10-31-20(27)15-12(3)22-18-17(19(26)24(5)21(28)23(18)4)16(15)13-7-6-8-14(9-13)25(29)30/h6-9,11,16,22H,10H2,1-5H3. The third-order valence-corrected chi connectivity index (χ3v) is 5.17. The molecule has 1 aliphatic heterocycles. The van der Waals surface area contributed by atoms with Gasteiger partial charge in [0.05, 0.1) is 28.6 Å². The van der Waals surface area contributed by atoms with E-state index in [1.54, 1.807) is 13.0 Å². The molecule has 1 aliphatic rings. The van der Waals surface area contributed by atoms with E-state index in [2.05, 4.69) is 5.32 Å². The molecular weight excluding hydrogens is 404 g/mol. The first-order valence-corrected chi connectivity index (χ1v) is 9.73. The van der Waals surface area contributed by atoms with Gasteiger partial charge in [-0.15, -0.1) is 0 Å². The highest BCUT2D eigenvalue weighted by Crippen LogP contribution is 2.40. The second kappa shape index (κ2) is 8.21. The first-order valence-electron chi connectivity index (χ1n) is 9.73. The van der Waals surface area contributed by atoms with Crippen molar-refractivity contribution >= 4 is 17.5 Å². The number of hydrogen-bond donors (Lipinski definition) is 1. The molecule has 0 amide bonds. The van der Waals surface area contributed by atoms with Crippen molar-refractivity contribution in [2.45, 2.75) is 26.7 Å². The molecule has 1 atom stereocenters. The van der Waals surface area contributed by atoms with Crippen LogP contribution in [0.2, 0.25) is 0 Å². The molecule has 0 saturated heterocycles. The molecule has 0 spiro atoms. The molecule has 0 fully saturated rings. The summed E-state index contributed by atoms with van der Waals surface area (Å²) in [7, 11) is 2.85. The van der Waals surface area contributed by atoms with Crippen molar-refractivity contribution in [2.24, 2.45) is 20.0 Å². The Morgan fingerprint density at radius 3 is 2.55 bits per heavy atom. The van der Waals surface area contributed by atoms with E-state index in [-0.39, 0.29) is 35.2 Å². The van der Waals surface area contributed by atoms with Gasteiger partial charge in [0.1, 0.15) is 5.82 Å². The number of nitro benzene ring substituents is 1.